The molecule has 0 saturated carbocycles. The van der Waals surface area contributed by atoms with E-state index < -0.39 is 0 Å². The Morgan fingerprint density at radius 1 is 0.773 bits per heavy atom. The summed E-state index contributed by atoms with van der Waals surface area (Å²) in [6.45, 7) is 8.47. The Kier molecular flexibility index (Phi) is 12.4. The van der Waals surface area contributed by atoms with Crippen molar-refractivity contribution in [2.75, 3.05) is 6.61 Å². The molecule has 0 aliphatic carbocycles. The molecule has 0 bridgehead atoms. The summed E-state index contributed by atoms with van der Waals surface area (Å²) in [5.41, 5.74) is 4.80. The molecule has 0 spiro atoms. The largest absolute Gasteiger partial charge is 0.392 e. The van der Waals surface area contributed by atoms with Gasteiger partial charge in [0.25, 0.3) is 0 Å². The first-order valence-electron chi connectivity index (χ1n) is 8.19. The quantitative estimate of drug-likeness (QED) is 0.319. The van der Waals surface area contributed by atoms with Gasteiger partial charge in [-0.25, -0.2) is 0 Å². The number of allylic oxidation sites excluding steroid dienone is 7. The summed E-state index contributed by atoms with van der Waals surface area (Å²) in [5, 5.41) is 8.80. The van der Waals surface area contributed by atoms with E-state index in [9.17, 15) is 4.79 Å². The first-order chi connectivity index (χ1) is 10.5. The van der Waals surface area contributed by atoms with Gasteiger partial charge in [-0.05, 0) is 71.8 Å². The summed E-state index contributed by atoms with van der Waals surface area (Å²) in [6.07, 6.45) is 15.1. The Morgan fingerprint density at radius 3 is 1.86 bits per heavy atom. The maximum absolute atomic E-state index is 11.0. The fourth-order valence-electron chi connectivity index (χ4n) is 2.13. The Bertz CT molecular complexity index is 433. The SMILES string of the molecule is CC(C)=CCCC(C=O)=CCCC(C)=CCCC(C)=CCO. The van der Waals surface area contributed by atoms with Crippen molar-refractivity contribution >= 4 is 6.29 Å². The minimum absolute atomic E-state index is 0.126. The van der Waals surface area contributed by atoms with E-state index in [0.717, 1.165) is 50.4 Å². The Balaban J connectivity index is 4.12. The van der Waals surface area contributed by atoms with E-state index in [1.54, 1.807) is 0 Å². The van der Waals surface area contributed by atoms with Crippen LogP contribution in [0.3, 0.4) is 0 Å². The van der Waals surface area contributed by atoms with Gasteiger partial charge in [0.1, 0.15) is 6.29 Å². The van der Waals surface area contributed by atoms with Crippen molar-refractivity contribution in [3.05, 3.63) is 46.6 Å². The number of aldehydes is 1. The third-order valence-corrected chi connectivity index (χ3v) is 3.55. The fourth-order valence-corrected chi connectivity index (χ4v) is 2.13. The second-order valence-electron chi connectivity index (χ2n) is 6.08. The van der Waals surface area contributed by atoms with E-state index in [1.165, 1.54) is 16.7 Å². The first-order valence-corrected chi connectivity index (χ1v) is 8.19. The molecular formula is C20H32O2. The Morgan fingerprint density at radius 2 is 1.32 bits per heavy atom. The van der Waals surface area contributed by atoms with Crippen molar-refractivity contribution in [1.29, 1.82) is 0 Å². The van der Waals surface area contributed by atoms with Crippen LogP contribution in [0.25, 0.3) is 0 Å². The second-order valence-corrected chi connectivity index (χ2v) is 6.08. The Labute approximate surface area is 136 Å². The van der Waals surface area contributed by atoms with Crippen LogP contribution in [0.5, 0.6) is 0 Å². The zero-order valence-electron chi connectivity index (χ0n) is 14.7. The van der Waals surface area contributed by atoms with E-state index in [4.69, 9.17) is 5.11 Å². The fraction of sp³-hybridized carbons (Fsp3) is 0.550. The van der Waals surface area contributed by atoms with Gasteiger partial charge in [0.15, 0.2) is 0 Å². The average molecular weight is 304 g/mol. The summed E-state index contributed by atoms with van der Waals surface area (Å²) in [4.78, 5) is 11.0. The van der Waals surface area contributed by atoms with Gasteiger partial charge in [-0.15, -0.1) is 0 Å². The summed E-state index contributed by atoms with van der Waals surface area (Å²) >= 11 is 0. The molecule has 124 valence electrons. The van der Waals surface area contributed by atoms with Gasteiger partial charge >= 0.3 is 0 Å². The van der Waals surface area contributed by atoms with Crippen LogP contribution >= 0.6 is 0 Å². The topological polar surface area (TPSA) is 37.3 Å². The molecule has 0 aromatic carbocycles. The van der Waals surface area contributed by atoms with E-state index in [-0.39, 0.29) is 6.61 Å². The monoisotopic (exact) mass is 304 g/mol. The molecular weight excluding hydrogens is 272 g/mol. The summed E-state index contributed by atoms with van der Waals surface area (Å²) in [7, 11) is 0. The molecule has 0 aromatic rings. The maximum atomic E-state index is 11.0. The number of hydrogen-bond donors (Lipinski definition) is 1. The van der Waals surface area contributed by atoms with Gasteiger partial charge in [0.05, 0.1) is 6.61 Å². The number of hydrogen-bond acceptors (Lipinski definition) is 2. The molecule has 0 aliphatic heterocycles. The van der Waals surface area contributed by atoms with Crippen LogP contribution in [-0.2, 0) is 4.79 Å². The van der Waals surface area contributed by atoms with Crippen LogP contribution in [0, 0.1) is 0 Å². The molecule has 2 nitrogen and oxygen atoms in total. The molecule has 22 heavy (non-hydrogen) atoms. The lowest BCUT2D eigenvalue weighted by molar-refractivity contribution is -0.105. The predicted octanol–water partition coefficient (Wildman–Crippen LogP) is 5.30. The minimum atomic E-state index is 0.126. The second kappa shape index (κ2) is 13.3. The molecule has 2 heteroatoms. The standard InChI is InChI=1S/C20H32O2/c1-17(2)8-5-12-20(16-22)13-7-11-18(3)9-6-10-19(4)14-15-21/h8-9,13-14,16,21H,5-7,10-12,15H2,1-4H3. The summed E-state index contributed by atoms with van der Waals surface area (Å²) in [6, 6.07) is 0. The normalized spacial score (nSPS) is 13.2. The van der Waals surface area contributed by atoms with Crippen molar-refractivity contribution in [1.82, 2.24) is 0 Å². The minimum Gasteiger partial charge on any atom is -0.392 e. The van der Waals surface area contributed by atoms with Crippen LogP contribution in [0.4, 0.5) is 0 Å². The lowest BCUT2D eigenvalue weighted by Gasteiger charge is -2.02. The molecule has 0 rings (SSSR count). The summed E-state index contributed by atoms with van der Waals surface area (Å²) < 4.78 is 0. The van der Waals surface area contributed by atoms with Crippen LogP contribution in [-0.4, -0.2) is 18.0 Å². The molecule has 0 aromatic heterocycles. The molecule has 0 unspecified atom stereocenters. The van der Waals surface area contributed by atoms with Gasteiger partial charge in [0, 0.05) is 0 Å². The summed E-state index contributed by atoms with van der Waals surface area (Å²) in [5.74, 6) is 0. The number of aliphatic hydroxyl groups excluding tert-OH is 1. The highest BCUT2D eigenvalue weighted by Gasteiger charge is 1.96. The maximum Gasteiger partial charge on any atom is 0.145 e. The van der Waals surface area contributed by atoms with Gasteiger partial charge in [-0.1, -0.05) is 41.0 Å². The number of carbonyl (C=O) groups excluding carboxylic acids is 1. The number of aliphatic hydroxyl groups is 1. The third kappa shape index (κ3) is 12.3. The smallest absolute Gasteiger partial charge is 0.145 e. The van der Waals surface area contributed by atoms with Crippen LogP contribution in [0.1, 0.15) is 66.2 Å². The van der Waals surface area contributed by atoms with Crippen molar-refractivity contribution in [3.63, 3.8) is 0 Å². The van der Waals surface area contributed by atoms with E-state index >= 15 is 0 Å². The van der Waals surface area contributed by atoms with Crippen molar-refractivity contribution < 1.29 is 9.90 Å². The van der Waals surface area contributed by atoms with Crippen molar-refractivity contribution in [3.8, 4) is 0 Å². The zero-order valence-corrected chi connectivity index (χ0v) is 14.7. The number of carbonyl (C=O) groups is 1. The molecule has 0 fully saturated rings. The predicted molar refractivity (Wildman–Crippen MR) is 95.9 cm³/mol. The molecule has 0 radical (unpaired) electrons. The van der Waals surface area contributed by atoms with Gasteiger partial charge in [-0.2, -0.15) is 0 Å². The zero-order chi connectivity index (χ0) is 16.8. The van der Waals surface area contributed by atoms with E-state index in [1.807, 2.05) is 13.0 Å². The average Bonchev–Trinajstić information content (AvgIpc) is 2.45. The highest BCUT2D eigenvalue weighted by Crippen LogP contribution is 2.12. The van der Waals surface area contributed by atoms with Crippen LogP contribution in [0.2, 0.25) is 0 Å². The molecule has 0 aliphatic rings. The van der Waals surface area contributed by atoms with Crippen molar-refractivity contribution in [2.45, 2.75) is 66.2 Å². The Hall–Kier alpha value is -1.41. The lowest BCUT2D eigenvalue weighted by atomic mass is 10.0. The molecule has 0 heterocycles. The van der Waals surface area contributed by atoms with Crippen molar-refractivity contribution in [2.24, 2.45) is 0 Å². The van der Waals surface area contributed by atoms with Crippen LogP contribution in [0.15, 0.2) is 46.6 Å². The lowest BCUT2D eigenvalue weighted by Crippen LogP contribution is -1.86. The van der Waals surface area contributed by atoms with E-state index in [0.29, 0.717) is 0 Å². The highest BCUT2D eigenvalue weighted by molar-refractivity contribution is 5.73. The van der Waals surface area contributed by atoms with Gasteiger partial charge in [-0.3, -0.25) is 4.79 Å². The first kappa shape index (κ1) is 20.6. The third-order valence-electron chi connectivity index (χ3n) is 3.55. The highest BCUT2D eigenvalue weighted by atomic mass is 16.2. The van der Waals surface area contributed by atoms with E-state index in [2.05, 4.69) is 39.0 Å². The molecule has 0 saturated heterocycles. The molecule has 0 amide bonds. The molecule has 1 N–H and O–H groups in total. The van der Waals surface area contributed by atoms with Gasteiger partial charge in [0.2, 0.25) is 0 Å². The van der Waals surface area contributed by atoms with Crippen LogP contribution < -0.4 is 0 Å². The molecule has 0 atom stereocenters. The van der Waals surface area contributed by atoms with Gasteiger partial charge < -0.3 is 5.11 Å². The number of rotatable bonds is 11.